The van der Waals surface area contributed by atoms with Crippen molar-refractivity contribution in [2.45, 2.75) is 9.79 Å². The van der Waals surface area contributed by atoms with Gasteiger partial charge in [0.2, 0.25) is 0 Å². The zero-order valence-electron chi connectivity index (χ0n) is 20.6. The number of rotatable bonds is 4. The summed E-state index contributed by atoms with van der Waals surface area (Å²) in [6.45, 7) is 0. The van der Waals surface area contributed by atoms with E-state index >= 15 is 0 Å². The van der Waals surface area contributed by atoms with Gasteiger partial charge in [-0.1, -0.05) is 24.3 Å². The lowest BCUT2D eigenvalue weighted by Crippen LogP contribution is -2.12. The average Bonchev–Trinajstić information content (AvgIpc) is 2.95. The summed E-state index contributed by atoms with van der Waals surface area (Å²) in [6, 6.07) is 22.4. The lowest BCUT2D eigenvalue weighted by molar-refractivity contribution is 0.102. The van der Waals surface area contributed by atoms with Gasteiger partial charge in [-0.3, -0.25) is 23.9 Å². The summed E-state index contributed by atoms with van der Waals surface area (Å²) < 4.78 is 63.1. The van der Waals surface area contributed by atoms with Crippen molar-refractivity contribution in [1.82, 2.24) is 9.97 Å². The van der Waals surface area contributed by atoms with E-state index < -0.39 is 36.8 Å². The molecule has 0 aliphatic carbocycles. The molecule has 40 heavy (non-hydrogen) atoms. The number of amides is 1. The van der Waals surface area contributed by atoms with Crippen LogP contribution in [0.25, 0.3) is 10.8 Å². The highest BCUT2D eigenvalue weighted by Crippen LogP contribution is 2.33. The summed E-state index contributed by atoms with van der Waals surface area (Å²) in [5.41, 5.74) is 0.224. The Labute approximate surface area is 230 Å². The molecule has 5 rings (SSSR count). The van der Waals surface area contributed by atoms with Crippen molar-refractivity contribution in [3.05, 3.63) is 121 Å². The molecule has 2 heterocycles. The van der Waals surface area contributed by atoms with Crippen molar-refractivity contribution in [2.24, 2.45) is 0 Å². The van der Waals surface area contributed by atoms with Crippen LogP contribution < -0.4 is 5.32 Å². The molecule has 0 saturated carbocycles. The number of aromatic nitrogens is 2. The van der Waals surface area contributed by atoms with Crippen LogP contribution in [0.2, 0.25) is 0 Å². The van der Waals surface area contributed by atoms with Crippen LogP contribution in [0.1, 0.15) is 10.4 Å². The van der Waals surface area contributed by atoms with E-state index in [1.54, 1.807) is 24.8 Å². The highest BCUT2D eigenvalue weighted by Gasteiger charge is 2.17. The SMILES string of the molecule is O=C(Nc1cccc2c(O)cc(S(=O)(=O)O)cc12)c1ccc(S(=O)(=O)O)cc1.c1ccncc1.c1ccncc1. The van der Waals surface area contributed by atoms with Gasteiger partial charge in [0, 0.05) is 52.9 Å². The predicted octanol–water partition coefficient (Wildman–Crippen LogP) is 4.45. The summed E-state index contributed by atoms with van der Waals surface area (Å²) in [5, 5.41) is 13.0. The summed E-state index contributed by atoms with van der Waals surface area (Å²) >= 11 is 0. The maximum Gasteiger partial charge on any atom is 0.294 e. The first-order valence-electron chi connectivity index (χ1n) is 11.3. The Morgan fingerprint density at radius 1 is 0.625 bits per heavy atom. The van der Waals surface area contributed by atoms with Gasteiger partial charge in [-0.15, -0.1) is 0 Å². The largest absolute Gasteiger partial charge is 0.507 e. The van der Waals surface area contributed by atoms with Crippen LogP contribution in [0.3, 0.4) is 0 Å². The molecule has 2 aromatic heterocycles. The van der Waals surface area contributed by atoms with Gasteiger partial charge >= 0.3 is 0 Å². The van der Waals surface area contributed by atoms with Gasteiger partial charge in [0.25, 0.3) is 26.1 Å². The number of carbonyl (C=O) groups excluding carboxylic acids is 1. The number of aromatic hydroxyl groups is 1. The molecule has 4 N–H and O–H groups in total. The van der Waals surface area contributed by atoms with E-state index in [9.17, 15) is 31.3 Å². The van der Waals surface area contributed by atoms with E-state index in [0.29, 0.717) is 0 Å². The van der Waals surface area contributed by atoms with E-state index in [4.69, 9.17) is 4.55 Å². The number of pyridine rings is 2. The molecule has 0 aliphatic rings. The Hall–Kier alpha value is -4.69. The molecule has 11 nitrogen and oxygen atoms in total. The summed E-state index contributed by atoms with van der Waals surface area (Å²) in [5.74, 6) is -1.05. The lowest BCUT2D eigenvalue weighted by atomic mass is 10.1. The van der Waals surface area contributed by atoms with E-state index in [1.807, 2.05) is 36.4 Å². The second kappa shape index (κ2) is 13.4. The molecule has 0 unspecified atom stereocenters. The molecule has 1 amide bonds. The van der Waals surface area contributed by atoms with Crippen LogP contribution in [-0.4, -0.2) is 46.9 Å². The normalized spacial score (nSPS) is 10.8. The van der Waals surface area contributed by atoms with Crippen LogP contribution in [0.5, 0.6) is 5.75 Å². The predicted molar refractivity (Wildman–Crippen MR) is 148 cm³/mol. The third-order valence-corrected chi connectivity index (χ3v) is 6.74. The Bertz CT molecular complexity index is 1700. The molecule has 206 valence electrons. The molecule has 0 radical (unpaired) electrons. The molecule has 13 heteroatoms. The number of nitrogens with zero attached hydrogens (tertiary/aromatic N) is 2. The number of benzene rings is 3. The average molecular weight is 582 g/mol. The monoisotopic (exact) mass is 581 g/mol. The summed E-state index contributed by atoms with van der Waals surface area (Å²) in [6.07, 6.45) is 7.00. The number of phenolic OH excluding ortho intramolecular Hbond substituents is 1. The Balaban J connectivity index is 0.000000300. The highest BCUT2D eigenvalue weighted by atomic mass is 32.2. The molecule has 0 bridgehead atoms. The van der Waals surface area contributed by atoms with Crippen molar-refractivity contribution < 1.29 is 35.8 Å². The zero-order valence-corrected chi connectivity index (χ0v) is 22.2. The van der Waals surface area contributed by atoms with Crippen molar-refractivity contribution in [3.8, 4) is 5.75 Å². The third kappa shape index (κ3) is 8.68. The van der Waals surface area contributed by atoms with Crippen molar-refractivity contribution in [2.75, 3.05) is 5.32 Å². The lowest BCUT2D eigenvalue weighted by Gasteiger charge is -2.11. The second-order valence-electron chi connectivity index (χ2n) is 7.82. The van der Waals surface area contributed by atoms with E-state index in [1.165, 1.54) is 30.3 Å². The van der Waals surface area contributed by atoms with Crippen LogP contribution >= 0.6 is 0 Å². The first-order chi connectivity index (χ1) is 19.0. The van der Waals surface area contributed by atoms with Gasteiger partial charge in [0.15, 0.2) is 0 Å². The zero-order chi connectivity index (χ0) is 29.2. The first-order valence-corrected chi connectivity index (χ1v) is 14.2. The molecular weight excluding hydrogens is 558 g/mol. The maximum absolute atomic E-state index is 12.4. The minimum atomic E-state index is -4.59. The smallest absolute Gasteiger partial charge is 0.294 e. The number of nitrogens with one attached hydrogen (secondary N) is 1. The van der Waals surface area contributed by atoms with Gasteiger partial charge in [-0.25, -0.2) is 0 Å². The standard InChI is InChI=1S/C17H13NO8S2.2C5H5N/c19-16-9-12(28(24,25)26)8-14-13(16)2-1-3-15(14)18-17(20)10-4-6-11(7-5-10)27(21,22)23;2*1-2-4-6-5-3-1/h1-9,19H,(H,18,20)(H,21,22,23)(H,24,25,26);2*1-5H. The second-order valence-corrected chi connectivity index (χ2v) is 10.7. The quantitative estimate of drug-likeness (QED) is 0.221. The minimum Gasteiger partial charge on any atom is -0.507 e. The third-order valence-electron chi connectivity index (χ3n) is 5.04. The van der Waals surface area contributed by atoms with Gasteiger partial charge in [-0.05, 0) is 60.7 Å². The number of phenols is 1. The number of hydrogen-bond donors (Lipinski definition) is 4. The summed E-state index contributed by atoms with van der Waals surface area (Å²) in [7, 11) is -8.98. The topological polar surface area (TPSA) is 184 Å². The van der Waals surface area contributed by atoms with Crippen molar-refractivity contribution >= 4 is 42.6 Å². The van der Waals surface area contributed by atoms with Crippen molar-refractivity contribution in [3.63, 3.8) is 0 Å². The minimum absolute atomic E-state index is 0.0690. The maximum atomic E-state index is 12.4. The van der Waals surface area contributed by atoms with Gasteiger partial charge in [0.1, 0.15) is 5.75 Å². The van der Waals surface area contributed by atoms with Gasteiger partial charge in [0.05, 0.1) is 9.79 Å². The number of anilines is 1. The van der Waals surface area contributed by atoms with Crippen LogP contribution in [0.15, 0.2) is 126 Å². The molecule has 3 aromatic carbocycles. The molecule has 0 aliphatic heterocycles. The van der Waals surface area contributed by atoms with E-state index in [0.717, 1.165) is 24.3 Å². The molecule has 0 spiro atoms. The highest BCUT2D eigenvalue weighted by molar-refractivity contribution is 7.86. The first kappa shape index (κ1) is 29.9. The van der Waals surface area contributed by atoms with Crippen LogP contribution in [-0.2, 0) is 20.2 Å². The number of hydrogen-bond acceptors (Lipinski definition) is 8. The van der Waals surface area contributed by atoms with E-state index in [-0.39, 0.29) is 26.9 Å². The summed E-state index contributed by atoms with van der Waals surface area (Å²) in [4.78, 5) is 19.1. The Morgan fingerprint density at radius 2 is 1.15 bits per heavy atom. The van der Waals surface area contributed by atoms with Crippen LogP contribution in [0.4, 0.5) is 5.69 Å². The fourth-order valence-corrected chi connectivity index (χ4v) is 4.20. The molecule has 0 fully saturated rings. The van der Waals surface area contributed by atoms with E-state index in [2.05, 4.69) is 15.3 Å². The molecule has 5 aromatic rings. The van der Waals surface area contributed by atoms with Gasteiger partial charge in [-0.2, -0.15) is 16.8 Å². The fourth-order valence-electron chi connectivity index (χ4n) is 3.20. The Morgan fingerprint density at radius 3 is 1.57 bits per heavy atom. The number of carbonyl (C=O) groups is 1. The van der Waals surface area contributed by atoms with Crippen molar-refractivity contribution in [1.29, 1.82) is 0 Å². The Kier molecular flexibility index (Phi) is 10.00. The van der Waals surface area contributed by atoms with Gasteiger partial charge < -0.3 is 10.4 Å². The molecule has 0 saturated heterocycles. The van der Waals surface area contributed by atoms with Crippen LogP contribution in [0, 0.1) is 0 Å². The number of fused-ring (bicyclic) bond motifs is 1. The fraction of sp³-hybridized carbons (Fsp3) is 0. The molecule has 0 atom stereocenters. The molecular formula is C27H23N3O8S2.